The van der Waals surface area contributed by atoms with Gasteiger partial charge in [0.25, 0.3) is 11.8 Å². The highest BCUT2D eigenvalue weighted by Gasteiger charge is 2.23. The molecule has 0 unspecified atom stereocenters. The van der Waals surface area contributed by atoms with E-state index in [1.165, 1.54) is 5.06 Å². The SMILES string of the molecule is O=C1COc2ccc(C(=O)N3CCCO3)cc2N1. The first kappa shape index (κ1) is 11.0. The topological polar surface area (TPSA) is 67.9 Å². The Labute approximate surface area is 103 Å². The molecule has 0 saturated carbocycles. The van der Waals surface area contributed by atoms with E-state index in [4.69, 9.17) is 9.57 Å². The molecule has 18 heavy (non-hydrogen) atoms. The van der Waals surface area contributed by atoms with Crippen LogP contribution in [0.5, 0.6) is 5.75 Å². The van der Waals surface area contributed by atoms with Gasteiger partial charge in [0.1, 0.15) is 5.75 Å². The van der Waals surface area contributed by atoms with Crippen molar-refractivity contribution < 1.29 is 19.2 Å². The number of nitrogens with one attached hydrogen (secondary N) is 1. The second-order valence-corrected chi connectivity index (χ2v) is 4.14. The van der Waals surface area contributed by atoms with Gasteiger partial charge in [-0.2, -0.15) is 0 Å². The van der Waals surface area contributed by atoms with Crippen LogP contribution in [0.3, 0.4) is 0 Å². The summed E-state index contributed by atoms with van der Waals surface area (Å²) in [6.45, 7) is 1.17. The molecule has 2 aliphatic heterocycles. The number of amides is 2. The highest BCUT2D eigenvalue weighted by molar-refractivity contribution is 5.99. The normalized spacial score (nSPS) is 18.0. The van der Waals surface area contributed by atoms with Gasteiger partial charge in [0.2, 0.25) is 0 Å². The summed E-state index contributed by atoms with van der Waals surface area (Å²) in [5.74, 6) is 0.160. The van der Waals surface area contributed by atoms with E-state index in [0.717, 1.165) is 6.42 Å². The average Bonchev–Trinajstić information content (AvgIpc) is 2.90. The van der Waals surface area contributed by atoms with Gasteiger partial charge >= 0.3 is 0 Å². The highest BCUT2D eigenvalue weighted by Crippen LogP contribution is 2.29. The lowest BCUT2D eigenvalue weighted by atomic mass is 10.1. The van der Waals surface area contributed by atoms with Crippen LogP contribution in [-0.2, 0) is 9.63 Å². The molecule has 1 saturated heterocycles. The number of benzene rings is 1. The molecule has 2 amide bonds. The molecule has 6 nitrogen and oxygen atoms in total. The van der Waals surface area contributed by atoms with Gasteiger partial charge in [-0.1, -0.05) is 0 Å². The van der Waals surface area contributed by atoms with E-state index in [1.54, 1.807) is 18.2 Å². The number of fused-ring (bicyclic) bond motifs is 1. The molecule has 0 aliphatic carbocycles. The van der Waals surface area contributed by atoms with Crippen molar-refractivity contribution in [2.24, 2.45) is 0 Å². The monoisotopic (exact) mass is 248 g/mol. The molecule has 0 spiro atoms. The van der Waals surface area contributed by atoms with E-state index in [-0.39, 0.29) is 18.4 Å². The second kappa shape index (κ2) is 4.30. The Morgan fingerprint density at radius 2 is 2.28 bits per heavy atom. The van der Waals surface area contributed by atoms with Crippen LogP contribution < -0.4 is 10.1 Å². The van der Waals surface area contributed by atoms with Crippen LogP contribution in [0.25, 0.3) is 0 Å². The van der Waals surface area contributed by atoms with E-state index in [0.29, 0.717) is 30.2 Å². The summed E-state index contributed by atoms with van der Waals surface area (Å²) in [5, 5.41) is 4.01. The van der Waals surface area contributed by atoms with Crippen LogP contribution >= 0.6 is 0 Å². The Morgan fingerprint density at radius 3 is 3.06 bits per heavy atom. The predicted octanol–water partition coefficient (Wildman–Crippen LogP) is 0.795. The Balaban J connectivity index is 1.87. The molecule has 2 heterocycles. The first-order valence-corrected chi connectivity index (χ1v) is 5.75. The average molecular weight is 248 g/mol. The van der Waals surface area contributed by atoms with Crippen molar-refractivity contribution in [3.63, 3.8) is 0 Å². The van der Waals surface area contributed by atoms with Crippen molar-refractivity contribution >= 4 is 17.5 Å². The minimum absolute atomic E-state index is 0.00945. The Hall–Kier alpha value is -2.08. The first-order chi connectivity index (χ1) is 8.74. The summed E-state index contributed by atoms with van der Waals surface area (Å²) in [5.41, 5.74) is 0.998. The molecule has 0 radical (unpaired) electrons. The van der Waals surface area contributed by atoms with Crippen LogP contribution in [0.4, 0.5) is 5.69 Å². The molecule has 0 atom stereocenters. The van der Waals surface area contributed by atoms with Crippen LogP contribution in [0, 0.1) is 0 Å². The zero-order valence-electron chi connectivity index (χ0n) is 9.64. The van der Waals surface area contributed by atoms with Crippen LogP contribution in [0.2, 0.25) is 0 Å². The summed E-state index contributed by atoms with van der Waals surface area (Å²) >= 11 is 0. The third-order valence-corrected chi connectivity index (χ3v) is 2.84. The zero-order chi connectivity index (χ0) is 12.5. The summed E-state index contributed by atoms with van der Waals surface area (Å²) in [7, 11) is 0. The molecule has 6 heteroatoms. The van der Waals surface area contributed by atoms with Crippen molar-refractivity contribution in [1.82, 2.24) is 5.06 Å². The number of hydrogen-bond donors (Lipinski definition) is 1. The van der Waals surface area contributed by atoms with Crippen molar-refractivity contribution in [1.29, 1.82) is 0 Å². The lowest BCUT2D eigenvalue weighted by Crippen LogP contribution is -2.28. The van der Waals surface area contributed by atoms with Crippen molar-refractivity contribution in [2.45, 2.75) is 6.42 Å². The van der Waals surface area contributed by atoms with E-state index in [1.807, 2.05) is 0 Å². The van der Waals surface area contributed by atoms with Gasteiger partial charge in [-0.3, -0.25) is 14.4 Å². The van der Waals surface area contributed by atoms with Gasteiger partial charge < -0.3 is 10.1 Å². The smallest absolute Gasteiger partial charge is 0.277 e. The fourth-order valence-electron chi connectivity index (χ4n) is 1.97. The Kier molecular flexibility index (Phi) is 2.64. The molecule has 94 valence electrons. The van der Waals surface area contributed by atoms with Gasteiger partial charge in [-0.25, -0.2) is 5.06 Å². The van der Waals surface area contributed by atoms with Gasteiger partial charge in [-0.15, -0.1) is 0 Å². The molecule has 1 aromatic rings. The number of rotatable bonds is 1. The number of carbonyl (C=O) groups excluding carboxylic acids is 2. The van der Waals surface area contributed by atoms with Gasteiger partial charge in [-0.05, 0) is 24.6 Å². The summed E-state index contributed by atoms with van der Waals surface area (Å²) in [6, 6.07) is 4.95. The van der Waals surface area contributed by atoms with Crippen LogP contribution in [0.15, 0.2) is 18.2 Å². The van der Waals surface area contributed by atoms with Crippen molar-refractivity contribution in [3.05, 3.63) is 23.8 Å². The quantitative estimate of drug-likeness (QED) is 0.798. The largest absolute Gasteiger partial charge is 0.482 e. The highest BCUT2D eigenvalue weighted by atomic mass is 16.7. The fourth-order valence-corrected chi connectivity index (χ4v) is 1.97. The maximum atomic E-state index is 12.1. The zero-order valence-corrected chi connectivity index (χ0v) is 9.64. The molecule has 1 N–H and O–H groups in total. The lowest BCUT2D eigenvalue weighted by Gasteiger charge is -2.19. The number of carbonyl (C=O) groups is 2. The number of anilines is 1. The maximum absolute atomic E-state index is 12.1. The number of nitrogens with zero attached hydrogens (tertiary/aromatic N) is 1. The Bertz CT molecular complexity index is 509. The van der Waals surface area contributed by atoms with Gasteiger partial charge in [0.15, 0.2) is 6.61 Å². The van der Waals surface area contributed by atoms with E-state index in [2.05, 4.69) is 5.32 Å². The number of hydroxylamine groups is 2. The second-order valence-electron chi connectivity index (χ2n) is 4.14. The fraction of sp³-hybridized carbons (Fsp3) is 0.333. The van der Waals surface area contributed by atoms with Crippen molar-refractivity contribution in [3.8, 4) is 5.75 Å². The molecule has 1 fully saturated rings. The molecule has 1 aromatic carbocycles. The minimum Gasteiger partial charge on any atom is -0.482 e. The third kappa shape index (κ3) is 1.91. The summed E-state index contributed by atoms with van der Waals surface area (Å²) in [4.78, 5) is 28.5. The van der Waals surface area contributed by atoms with E-state index < -0.39 is 0 Å². The summed E-state index contributed by atoms with van der Waals surface area (Å²) < 4.78 is 5.23. The molecular weight excluding hydrogens is 236 g/mol. The summed E-state index contributed by atoms with van der Waals surface area (Å²) in [6.07, 6.45) is 0.844. The third-order valence-electron chi connectivity index (χ3n) is 2.84. The molecule has 0 aromatic heterocycles. The number of hydrogen-bond acceptors (Lipinski definition) is 4. The molecular formula is C12H12N2O4. The number of ether oxygens (including phenoxy) is 1. The molecule has 2 aliphatic rings. The van der Waals surface area contributed by atoms with E-state index in [9.17, 15) is 9.59 Å². The first-order valence-electron chi connectivity index (χ1n) is 5.75. The standard InChI is InChI=1S/C12H12N2O4/c15-11-7-17-10-3-2-8(6-9(10)13-11)12(16)14-4-1-5-18-14/h2-3,6H,1,4-5,7H2,(H,13,15). The van der Waals surface area contributed by atoms with Crippen LogP contribution in [-0.4, -0.2) is 36.6 Å². The van der Waals surface area contributed by atoms with Gasteiger partial charge in [0, 0.05) is 5.56 Å². The molecule has 0 bridgehead atoms. The van der Waals surface area contributed by atoms with E-state index >= 15 is 0 Å². The van der Waals surface area contributed by atoms with Crippen LogP contribution in [0.1, 0.15) is 16.8 Å². The lowest BCUT2D eigenvalue weighted by molar-refractivity contribution is -0.118. The van der Waals surface area contributed by atoms with Crippen molar-refractivity contribution in [2.75, 3.05) is 25.1 Å². The minimum atomic E-state index is -0.218. The molecule has 3 rings (SSSR count). The maximum Gasteiger partial charge on any atom is 0.277 e. The van der Waals surface area contributed by atoms with Gasteiger partial charge in [0.05, 0.1) is 18.8 Å². The predicted molar refractivity (Wildman–Crippen MR) is 62.2 cm³/mol. The Morgan fingerprint density at radius 1 is 1.39 bits per heavy atom.